The van der Waals surface area contributed by atoms with Crippen molar-refractivity contribution in [3.63, 3.8) is 0 Å². The Morgan fingerprint density at radius 2 is 1.95 bits per heavy atom. The Labute approximate surface area is 124 Å². The Hall–Kier alpha value is -1.88. The number of carbonyl (C=O) groups is 1. The molecule has 0 atom stereocenters. The van der Waals surface area contributed by atoms with E-state index in [1.165, 1.54) is 6.07 Å². The number of halogens is 2. The summed E-state index contributed by atoms with van der Waals surface area (Å²) in [6.45, 7) is 2.46. The standard InChI is InChI=1S/C15H13BrFNO2/c1-2-20-12-6-3-10(4-7-12)15(19)18-11-5-8-13(16)14(17)9-11/h3-9H,2H2,1H3,(H,18,19). The molecule has 0 aromatic heterocycles. The number of amides is 1. The highest BCUT2D eigenvalue weighted by molar-refractivity contribution is 9.10. The van der Waals surface area contributed by atoms with Gasteiger partial charge in [0.1, 0.15) is 11.6 Å². The lowest BCUT2D eigenvalue weighted by molar-refractivity contribution is 0.102. The van der Waals surface area contributed by atoms with Crippen LogP contribution in [0.25, 0.3) is 0 Å². The maximum atomic E-state index is 13.4. The summed E-state index contributed by atoms with van der Waals surface area (Å²) in [5, 5.41) is 2.64. The molecule has 0 spiro atoms. The number of ether oxygens (including phenoxy) is 1. The number of rotatable bonds is 4. The van der Waals surface area contributed by atoms with Crippen LogP contribution in [0.1, 0.15) is 17.3 Å². The molecule has 0 fully saturated rings. The summed E-state index contributed by atoms with van der Waals surface area (Å²) in [5.41, 5.74) is 0.890. The van der Waals surface area contributed by atoms with Crippen molar-refractivity contribution in [1.29, 1.82) is 0 Å². The fourth-order valence-electron chi connectivity index (χ4n) is 1.65. The maximum Gasteiger partial charge on any atom is 0.255 e. The zero-order chi connectivity index (χ0) is 14.5. The van der Waals surface area contributed by atoms with Gasteiger partial charge in [-0.05, 0) is 65.3 Å². The largest absolute Gasteiger partial charge is 0.494 e. The lowest BCUT2D eigenvalue weighted by Crippen LogP contribution is -2.11. The first-order chi connectivity index (χ1) is 9.60. The van der Waals surface area contributed by atoms with Gasteiger partial charge in [-0.3, -0.25) is 4.79 Å². The molecule has 5 heteroatoms. The lowest BCUT2D eigenvalue weighted by Gasteiger charge is -2.07. The lowest BCUT2D eigenvalue weighted by atomic mass is 10.2. The van der Waals surface area contributed by atoms with Crippen LogP contribution >= 0.6 is 15.9 Å². The fraction of sp³-hybridized carbons (Fsp3) is 0.133. The monoisotopic (exact) mass is 337 g/mol. The van der Waals surface area contributed by atoms with Crippen LogP contribution in [0.4, 0.5) is 10.1 Å². The normalized spacial score (nSPS) is 10.2. The quantitative estimate of drug-likeness (QED) is 0.906. The molecule has 2 aromatic carbocycles. The van der Waals surface area contributed by atoms with Gasteiger partial charge in [-0.2, -0.15) is 0 Å². The van der Waals surface area contributed by atoms with Crippen molar-refractivity contribution in [3.05, 3.63) is 58.3 Å². The third kappa shape index (κ3) is 3.57. The minimum Gasteiger partial charge on any atom is -0.494 e. The van der Waals surface area contributed by atoms with E-state index in [1.807, 2.05) is 6.92 Å². The second-order valence-corrected chi connectivity index (χ2v) is 4.89. The molecular weight excluding hydrogens is 325 g/mol. The van der Waals surface area contributed by atoms with Crippen molar-refractivity contribution < 1.29 is 13.9 Å². The van der Waals surface area contributed by atoms with Crippen LogP contribution in [0.2, 0.25) is 0 Å². The van der Waals surface area contributed by atoms with E-state index in [0.717, 1.165) is 0 Å². The molecular formula is C15H13BrFNO2. The number of carbonyl (C=O) groups excluding carboxylic acids is 1. The van der Waals surface area contributed by atoms with E-state index in [1.54, 1.807) is 36.4 Å². The van der Waals surface area contributed by atoms with Gasteiger partial charge >= 0.3 is 0 Å². The number of anilines is 1. The highest BCUT2D eigenvalue weighted by Crippen LogP contribution is 2.20. The minimum atomic E-state index is -0.422. The van der Waals surface area contributed by atoms with Crippen LogP contribution in [-0.4, -0.2) is 12.5 Å². The van der Waals surface area contributed by atoms with Gasteiger partial charge in [0.15, 0.2) is 0 Å². The van der Waals surface area contributed by atoms with E-state index >= 15 is 0 Å². The van der Waals surface area contributed by atoms with Crippen molar-refractivity contribution in [3.8, 4) is 5.75 Å². The second-order valence-electron chi connectivity index (χ2n) is 4.04. The minimum absolute atomic E-state index is 0.297. The van der Waals surface area contributed by atoms with E-state index in [-0.39, 0.29) is 5.91 Å². The fourth-order valence-corrected chi connectivity index (χ4v) is 1.89. The van der Waals surface area contributed by atoms with Crippen molar-refractivity contribution in [1.82, 2.24) is 0 Å². The van der Waals surface area contributed by atoms with Gasteiger partial charge in [0.2, 0.25) is 0 Å². The molecule has 20 heavy (non-hydrogen) atoms. The van der Waals surface area contributed by atoms with Crippen LogP contribution < -0.4 is 10.1 Å². The molecule has 1 N–H and O–H groups in total. The molecule has 0 heterocycles. The molecule has 2 rings (SSSR count). The van der Waals surface area contributed by atoms with Gasteiger partial charge in [0.25, 0.3) is 5.91 Å². The third-order valence-electron chi connectivity index (χ3n) is 2.60. The van der Waals surface area contributed by atoms with Gasteiger partial charge < -0.3 is 10.1 Å². The van der Waals surface area contributed by atoms with Crippen LogP contribution in [0.5, 0.6) is 5.75 Å². The van der Waals surface area contributed by atoms with Gasteiger partial charge in [-0.25, -0.2) is 4.39 Å². The van der Waals surface area contributed by atoms with E-state index in [2.05, 4.69) is 21.2 Å². The Morgan fingerprint density at radius 3 is 2.55 bits per heavy atom. The van der Waals surface area contributed by atoms with E-state index < -0.39 is 5.82 Å². The molecule has 0 radical (unpaired) electrons. The Morgan fingerprint density at radius 1 is 1.25 bits per heavy atom. The summed E-state index contributed by atoms with van der Waals surface area (Å²) in [4.78, 5) is 12.0. The SMILES string of the molecule is CCOc1ccc(C(=O)Nc2ccc(Br)c(F)c2)cc1. The van der Waals surface area contributed by atoms with Crippen molar-refractivity contribution in [2.24, 2.45) is 0 Å². The van der Waals surface area contributed by atoms with Crippen molar-refractivity contribution in [2.45, 2.75) is 6.92 Å². The topological polar surface area (TPSA) is 38.3 Å². The summed E-state index contributed by atoms with van der Waals surface area (Å²) in [7, 11) is 0. The highest BCUT2D eigenvalue weighted by Gasteiger charge is 2.08. The molecule has 0 saturated heterocycles. The number of hydrogen-bond acceptors (Lipinski definition) is 2. The van der Waals surface area contributed by atoms with Gasteiger partial charge in [-0.15, -0.1) is 0 Å². The van der Waals surface area contributed by atoms with Crippen molar-refractivity contribution >= 4 is 27.5 Å². The van der Waals surface area contributed by atoms with Crippen LogP contribution in [-0.2, 0) is 0 Å². The second kappa shape index (κ2) is 6.52. The molecule has 0 aliphatic heterocycles. The average Bonchev–Trinajstić information content (AvgIpc) is 2.44. The Kier molecular flexibility index (Phi) is 4.74. The summed E-state index contributed by atoms with van der Waals surface area (Å²) >= 11 is 3.06. The third-order valence-corrected chi connectivity index (χ3v) is 3.25. The molecule has 0 bridgehead atoms. The molecule has 0 aliphatic carbocycles. The zero-order valence-corrected chi connectivity index (χ0v) is 12.4. The summed E-state index contributed by atoms with van der Waals surface area (Å²) in [6, 6.07) is 11.2. The molecule has 0 saturated carbocycles. The Balaban J connectivity index is 2.09. The Bertz CT molecular complexity index is 614. The van der Waals surface area contributed by atoms with Crippen LogP contribution in [0.3, 0.4) is 0 Å². The molecule has 1 amide bonds. The summed E-state index contributed by atoms with van der Waals surface area (Å²) in [6.07, 6.45) is 0. The van der Waals surface area contributed by atoms with Gasteiger partial charge in [0.05, 0.1) is 11.1 Å². The molecule has 0 unspecified atom stereocenters. The first-order valence-electron chi connectivity index (χ1n) is 6.09. The van der Waals surface area contributed by atoms with Crippen molar-refractivity contribution in [2.75, 3.05) is 11.9 Å². The smallest absolute Gasteiger partial charge is 0.255 e. The maximum absolute atomic E-state index is 13.4. The van der Waals surface area contributed by atoms with Gasteiger partial charge in [0, 0.05) is 11.3 Å². The predicted octanol–water partition coefficient (Wildman–Crippen LogP) is 4.24. The number of benzene rings is 2. The highest BCUT2D eigenvalue weighted by atomic mass is 79.9. The van der Waals surface area contributed by atoms with E-state index in [4.69, 9.17) is 4.74 Å². The summed E-state index contributed by atoms with van der Waals surface area (Å²) in [5.74, 6) is -0.0111. The number of hydrogen-bond donors (Lipinski definition) is 1. The average molecular weight is 338 g/mol. The zero-order valence-electron chi connectivity index (χ0n) is 10.8. The van der Waals surface area contributed by atoms with Gasteiger partial charge in [-0.1, -0.05) is 0 Å². The van der Waals surface area contributed by atoms with E-state index in [9.17, 15) is 9.18 Å². The van der Waals surface area contributed by atoms with Crippen LogP contribution in [0.15, 0.2) is 46.9 Å². The number of nitrogens with one attached hydrogen (secondary N) is 1. The molecule has 104 valence electrons. The molecule has 2 aromatic rings. The molecule has 0 aliphatic rings. The first kappa shape index (κ1) is 14.5. The predicted molar refractivity (Wildman–Crippen MR) is 79.7 cm³/mol. The van der Waals surface area contributed by atoms with Crippen LogP contribution in [0, 0.1) is 5.82 Å². The summed E-state index contributed by atoms with van der Waals surface area (Å²) < 4.78 is 19.0. The molecule has 3 nitrogen and oxygen atoms in total. The van der Waals surface area contributed by atoms with E-state index in [0.29, 0.717) is 28.1 Å². The first-order valence-corrected chi connectivity index (χ1v) is 6.88.